The molecule has 1 heterocycles. The van der Waals surface area contributed by atoms with Crippen molar-refractivity contribution in [2.75, 3.05) is 12.4 Å². The molecule has 0 saturated heterocycles. The highest BCUT2D eigenvalue weighted by Crippen LogP contribution is 2.17. The van der Waals surface area contributed by atoms with Crippen LogP contribution >= 0.6 is 0 Å². The number of rotatable bonds is 4. The molecule has 3 rings (SSSR count). The lowest BCUT2D eigenvalue weighted by atomic mass is 10.2. The van der Waals surface area contributed by atoms with E-state index in [-0.39, 0.29) is 0 Å². The number of ether oxygens (including phenoxy) is 1. The molecule has 0 amide bonds. The maximum absolute atomic E-state index is 11.5. The van der Waals surface area contributed by atoms with Crippen molar-refractivity contribution in [3.63, 3.8) is 0 Å². The molecular weight excluding hydrogens is 304 g/mol. The molecule has 0 bridgehead atoms. The lowest BCUT2D eigenvalue weighted by Gasteiger charge is -2.04. The molecule has 24 heavy (non-hydrogen) atoms. The molecule has 0 atom stereocenters. The lowest BCUT2D eigenvalue weighted by molar-refractivity contribution is 0.0601. The summed E-state index contributed by atoms with van der Waals surface area (Å²) in [4.78, 5) is 19.0. The van der Waals surface area contributed by atoms with Crippen molar-refractivity contribution in [2.24, 2.45) is 0 Å². The van der Waals surface area contributed by atoms with Gasteiger partial charge in [0.25, 0.3) is 0 Å². The Bertz CT molecular complexity index is 933. The minimum absolute atomic E-state index is 0.356. The van der Waals surface area contributed by atoms with Crippen molar-refractivity contribution in [1.29, 1.82) is 5.26 Å². The number of benzene rings is 2. The number of carbonyl (C=O) groups is 1. The van der Waals surface area contributed by atoms with E-state index in [0.717, 1.165) is 11.0 Å². The quantitative estimate of drug-likeness (QED) is 0.569. The highest BCUT2D eigenvalue weighted by Gasteiger charge is 2.08. The van der Waals surface area contributed by atoms with Crippen LogP contribution in [0.4, 0.5) is 5.69 Å². The normalized spacial score (nSPS) is 11.1. The average Bonchev–Trinajstić information content (AvgIpc) is 3.05. The molecule has 0 spiro atoms. The van der Waals surface area contributed by atoms with Crippen molar-refractivity contribution in [2.45, 2.75) is 0 Å². The number of aromatic nitrogens is 2. The van der Waals surface area contributed by atoms with E-state index in [1.165, 1.54) is 7.11 Å². The number of allylic oxidation sites excluding steroid dienone is 1. The van der Waals surface area contributed by atoms with Gasteiger partial charge in [0.15, 0.2) is 5.82 Å². The summed E-state index contributed by atoms with van der Waals surface area (Å²) in [5, 5.41) is 12.4. The second-order valence-corrected chi connectivity index (χ2v) is 4.99. The Morgan fingerprint density at radius 1 is 1.29 bits per heavy atom. The van der Waals surface area contributed by atoms with E-state index in [4.69, 9.17) is 4.74 Å². The van der Waals surface area contributed by atoms with Crippen LogP contribution in [-0.2, 0) is 4.74 Å². The first kappa shape index (κ1) is 15.3. The fourth-order valence-corrected chi connectivity index (χ4v) is 2.24. The van der Waals surface area contributed by atoms with Crippen LogP contribution in [0.3, 0.4) is 0 Å². The summed E-state index contributed by atoms with van der Waals surface area (Å²) in [6, 6.07) is 16.5. The molecule has 0 aliphatic carbocycles. The van der Waals surface area contributed by atoms with E-state index in [1.54, 1.807) is 30.5 Å². The number of nitrogens with one attached hydrogen (secondary N) is 2. The largest absolute Gasteiger partial charge is 0.465 e. The monoisotopic (exact) mass is 318 g/mol. The van der Waals surface area contributed by atoms with Gasteiger partial charge in [-0.3, -0.25) is 0 Å². The van der Waals surface area contributed by atoms with Gasteiger partial charge in [0, 0.05) is 11.9 Å². The Morgan fingerprint density at radius 3 is 2.88 bits per heavy atom. The number of para-hydroxylation sites is 2. The smallest absolute Gasteiger partial charge is 0.337 e. The molecule has 2 N–H and O–H groups in total. The highest BCUT2D eigenvalue weighted by atomic mass is 16.5. The number of carbonyl (C=O) groups excluding carboxylic acids is 1. The number of imidazole rings is 1. The third kappa shape index (κ3) is 3.10. The van der Waals surface area contributed by atoms with Gasteiger partial charge in [-0.15, -0.1) is 0 Å². The number of esters is 1. The Hall–Kier alpha value is -3.59. The summed E-state index contributed by atoms with van der Waals surface area (Å²) < 4.78 is 4.69. The first-order valence-corrected chi connectivity index (χ1v) is 7.21. The van der Waals surface area contributed by atoms with E-state index < -0.39 is 5.97 Å². The van der Waals surface area contributed by atoms with E-state index in [2.05, 4.69) is 21.4 Å². The maximum atomic E-state index is 11.5. The summed E-state index contributed by atoms with van der Waals surface area (Å²) in [5.41, 5.74) is 3.11. The first-order chi connectivity index (χ1) is 11.7. The maximum Gasteiger partial charge on any atom is 0.337 e. The van der Waals surface area contributed by atoms with Gasteiger partial charge in [-0.2, -0.15) is 5.26 Å². The summed E-state index contributed by atoms with van der Waals surface area (Å²) in [6.45, 7) is 0. The van der Waals surface area contributed by atoms with Crippen molar-refractivity contribution in [1.82, 2.24) is 9.97 Å². The predicted octanol–water partition coefficient (Wildman–Crippen LogP) is 3.33. The molecule has 0 fully saturated rings. The van der Waals surface area contributed by atoms with Gasteiger partial charge in [-0.25, -0.2) is 9.78 Å². The zero-order valence-electron chi connectivity index (χ0n) is 12.9. The second kappa shape index (κ2) is 6.67. The minimum Gasteiger partial charge on any atom is -0.465 e. The molecule has 0 saturated carbocycles. The number of nitrogens with zero attached hydrogens (tertiary/aromatic N) is 2. The number of aromatic amines is 1. The van der Waals surface area contributed by atoms with Gasteiger partial charge in [0.1, 0.15) is 11.6 Å². The summed E-state index contributed by atoms with van der Waals surface area (Å²) in [6.07, 6.45) is 1.55. The summed E-state index contributed by atoms with van der Waals surface area (Å²) in [7, 11) is 1.33. The molecule has 1 aromatic heterocycles. The number of hydrogen-bond donors (Lipinski definition) is 2. The zero-order valence-corrected chi connectivity index (χ0v) is 12.9. The third-order valence-electron chi connectivity index (χ3n) is 3.43. The van der Waals surface area contributed by atoms with Crippen LogP contribution in [0, 0.1) is 11.3 Å². The van der Waals surface area contributed by atoms with Gasteiger partial charge in [0.05, 0.1) is 23.7 Å². The number of anilines is 1. The van der Waals surface area contributed by atoms with E-state index in [0.29, 0.717) is 22.6 Å². The van der Waals surface area contributed by atoms with E-state index in [1.807, 2.05) is 24.3 Å². The highest BCUT2D eigenvalue weighted by molar-refractivity contribution is 5.90. The van der Waals surface area contributed by atoms with Crippen molar-refractivity contribution >= 4 is 28.3 Å². The zero-order chi connectivity index (χ0) is 16.9. The van der Waals surface area contributed by atoms with Gasteiger partial charge < -0.3 is 15.0 Å². The van der Waals surface area contributed by atoms with Crippen LogP contribution < -0.4 is 5.32 Å². The van der Waals surface area contributed by atoms with E-state index >= 15 is 0 Å². The fourth-order valence-electron chi connectivity index (χ4n) is 2.24. The van der Waals surface area contributed by atoms with Gasteiger partial charge in [0.2, 0.25) is 0 Å². The molecule has 0 radical (unpaired) electrons. The molecule has 0 unspecified atom stereocenters. The predicted molar refractivity (Wildman–Crippen MR) is 91.1 cm³/mol. The van der Waals surface area contributed by atoms with Crippen molar-refractivity contribution in [3.8, 4) is 6.07 Å². The fraction of sp³-hybridized carbons (Fsp3) is 0.0556. The molecule has 0 aliphatic rings. The summed E-state index contributed by atoms with van der Waals surface area (Å²) in [5.74, 6) is 0.0655. The SMILES string of the molecule is COC(=O)c1cccc(N/C=C(\C#N)c2nc3ccccc3[nH]2)c1. The number of fused-ring (bicyclic) bond motifs is 1. The van der Waals surface area contributed by atoms with Crippen LogP contribution in [0.2, 0.25) is 0 Å². The molecule has 2 aromatic carbocycles. The van der Waals surface area contributed by atoms with Gasteiger partial charge in [-0.1, -0.05) is 18.2 Å². The molecule has 6 nitrogen and oxygen atoms in total. The van der Waals surface area contributed by atoms with E-state index in [9.17, 15) is 10.1 Å². The third-order valence-corrected chi connectivity index (χ3v) is 3.43. The lowest BCUT2D eigenvalue weighted by Crippen LogP contribution is -2.01. The molecule has 3 aromatic rings. The van der Waals surface area contributed by atoms with Crippen molar-refractivity contribution in [3.05, 3.63) is 66.1 Å². The Labute approximate surface area is 138 Å². The van der Waals surface area contributed by atoms with Crippen LogP contribution in [0.25, 0.3) is 16.6 Å². The Kier molecular flexibility index (Phi) is 4.25. The standard InChI is InChI=1S/C18H14N4O2/c1-24-18(23)12-5-4-6-14(9-12)20-11-13(10-19)17-21-15-7-2-3-8-16(15)22-17/h2-9,11,20H,1H3,(H,21,22)/b13-11+. The molecule has 0 aliphatic heterocycles. The Morgan fingerprint density at radius 2 is 2.12 bits per heavy atom. The van der Waals surface area contributed by atoms with Crippen LogP contribution in [0.15, 0.2) is 54.7 Å². The average molecular weight is 318 g/mol. The number of methoxy groups -OCH3 is 1. The number of H-pyrrole nitrogens is 1. The number of hydrogen-bond acceptors (Lipinski definition) is 5. The van der Waals surface area contributed by atoms with Crippen molar-refractivity contribution < 1.29 is 9.53 Å². The summed E-state index contributed by atoms with van der Waals surface area (Å²) >= 11 is 0. The molecule has 118 valence electrons. The number of nitriles is 1. The topological polar surface area (TPSA) is 90.8 Å². The minimum atomic E-state index is -0.416. The molecule has 6 heteroatoms. The van der Waals surface area contributed by atoms with Gasteiger partial charge in [-0.05, 0) is 30.3 Å². The first-order valence-electron chi connectivity index (χ1n) is 7.21. The van der Waals surface area contributed by atoms with Crippen LogP contribution in [0.5, 0.6) is 0 Å². The van der Waals surface area contributed by atoms with Gasteiger partial charge >= 0.3 is 5.97 Å². The Balaban J connectivity index is 1.86. The van der Waals surface area contributed by atoms with Crippen LogP contribution in [0.1, 0.15) is 16.2 Å². The second-order valence-electron chi connectivity index (χ2n) is 4.99. The molecular formula is C18H14N4O2. The van der Waals surface area contributed by atoms with Crippen LogP contribution in [-0.4, -0.2) is 23.0 Å².